The lowest BCUT2D eigenvalue weighted by Gasteiger charge is -2.20. The van der Waals surface area contributed by atoms with E-state index in [-0.39, 0.29) is 6.54 Å². The van der Waals surface area contributed by atoms with Crippen molar-refractivity contribution >= 4 is 17.8 Å². The number of carboxylic acids is 2. The maximum absolute atomic E-state index is 11.0. The predicted molar refractivity (Wildman–Crippen MR) is 48.1 cm³/mol. The summed E-state index contributed by atoms with van der Waals surface area (Å²) < 4.78 is 0. The van der Waals surface area contributed by atoms with Crippen molar-refractivity contribution in [2.45, 2.75) is 25.4 Å². The summed E-state index contributed by atoms with van der Waals surface area (Å²) in [6.07, 6.45) is -1.79. The fourth-order valence-electron chi connectivity index (χ4n) is 0.989. The number of amides is 1. The summed E-state index contributed by atoms with van der Waals surface area (Å²) >= 11 is 0. The molecular weight excluding hydrogens is 206 g/mol. The Balaban J connectivity index is 4.58. The van der Waals surface area contributed by atoms with Gasteiger partial charge in [0.2, 0.25) is 5.91 Å². The van der Waals surface area contributed by atoms with Crippen LogP contribution in [-0.4, -0.2) is 45.3 Å². The molecule has 0 spiro atoms. The van der Waals surface area contributed by atoms with Gasteiger partial charge in [0.05, 0.1) is 12.8 Å². The minimum atomic E-state index is -2.55. The van der Waals surface area contributed by atoms with E-state index in [1.165, 1.54) is 0 Å². The highest BCUT2D eigenvalue weighted by molar-refractivity contribution is 5.90. The Morgan fingerprint density at radius 1 is 1.20 bits per heavy atom. The van der Waals surface area contributed by atoms with Gasteiger partial charge in [0, 0.05) is 6.54 Å². The number of carbonyl (C=O) groups excluding carboxylic acids is 1. The van der Waals surface area contributed by atoms with Gasteiger partial charge in [-0.05, 0) is 6.92 Å². The first kappa shape index (κ1) is 13.4. The lowest BCUT2D eigenvalue weighted by molar-refractivity contribution is -0.167. The quantitative estimate of drug-likeness (QED) is 0.445. The Morgan fingerprint density at radius 2 is 1.73 bits per heavy atom. The Bertz CT molecular complexity index is 276. The molecule has 0 fully saturated rings. The molecule has 0 aromatic heterocycles. The van der Waals surface area contributed by atoms with Crippen LogP contribution in [0.25, 0.3) is 0 Å². The summed E-state index contributed by atoms with van der Waals surface area (Å²) in [5.41, 5.74) is -2.55. The second-order valence-electron chi connectivity index (χ2n) is 3.04. The van der Waals surface area contributed by atoms with Crippen LogP contribution in [0.5, 0.6) is 0 Å². The number of hydrogen-bond acceptors (Lipinski definition) is 4. The molecule has 0 radical (unpaired) electrons. The first-order chi connectivity index (χ1) is 6.81. The van der Waals surface area contributed by atoms with Crippen LogP contribution in [-0.2, 0) is 14.4 Å². The van der Waals surface area contributed by atoms with E-state index in [4.69, 9.17) is 10.2 Å². The average molecular weight is 219 g/mol. The molecular formula is C8H13NO6. The highest BCUT2D eigenvalue weighted by Gasteiger charge is 2.40. The molecule has 1 amide bonds. The van der Waals surface area contributed by atoms with Crippen molar-refractivity contribution in [3.05, 3.63) is 0 Å². The van der Waals surface area contributed by atoms with Crippen molar-refractivity contribution in [3.63, 3.8) is 0 Å². The van der Waals surface area contributed by atoms with E-state index in [9.17, 15) is 19.5 Å². The van der Waals surface area contributed by atoms with Crippen molar-refractivity contribution < 1.29 is 29.7 Å². The van der Waals surface area contributed by atoms with Crippen molar-refractivity contribution in [2.24, 2.45) is 0 Å². The fourth-order valence-corrected chi connectivity index (χ4v) is 0.989. The minimum Gasteiger partial charge on any atom is -0.481 e. The SMILES string of the molecule is CCNC(=O)CC(O)(CC(=O)O)C(=O)O. The van der Waals surface area contributed by atoms with Crippen LogP contribution in [0.3, 0.4) is 0 Å². The molecule has 0 saturated heterocycles. The van der Waals surface area contributed by atoms with Crippen LogP contribution in [0.15, 0.2) is 0 Å². The van der Waals surface area contributed by atoms with Gasteiger partial charge in [-0.25, -0.2) is 4.79 Å². The van der Waals surface area contributed by atoms with E-state index in [0.29, 0.717) is 0 Å². The van der Waals surface area contributed by atoms with Crippen LogP contribution in [0, 0.1) is 0 Å². The van der Waals surface area contributed by atoms with E-state index in [1.807, 2.05) is 0 Å². The monoisotopic (exact) mass is 219 g/mol. The predicted octanol–water partition coefficient (Wildman–Crippen LogP) is -1.20. The number of carbonyl (C=O) groups is 3. The zero-order valence-electron chi connectivity index (χ0n) is 8.19. The summed E-state index contributed by atoms with van der Waals surface area (Å²) in [4.78, 5) is 31.9. The van der Waals surface area contributed by atoms with E-state index >= 15 is 0 Å². The summed E-state index contributed by atoms with van der Waals surface area (Å²) in [7, 11) is 0. The van der Waals surface area contributed by atoms with Gasteiger partial charge >= 0.3 is 11.9 Å². The molecule has 7 heteroatoms. The van der Waals surface area contributed by atoms with Crippen molar-refractivity contribution in [2.75, 3.05) is 6.54 Å². The number of nitrogens with one attached hydrogen (secondary N) is 1. The second kappa shape index (κ2) is 5.30. The molecule has 0 heterocycles. The van der Waals surface area contributed by atoms with Crippen LogP contribution in [0.1, 0.15) is 19.8 Å². The van der Waals surface area contributed by atoms with Crippen molar-refractivity contribution in [1.82, 2.24) is 5.32 Å². The molecule has 0 aliphatic rings. The molecule has 0 rings (SSSR count). The van der Waals surface area contributed by atoms with Gasteiger partial charge in [0.25, 0.3) is 0 Å². The number of rotatable bonds is 6. The van der Waals surface area contributed by atoms with Gasteiger partial charge in [-0.2, -0.15) is 0 Å². The standard InChI is InChI=1S/C8H13NO6/c1-2-9-5(10)3-8(15,7(13)14)4-6(11)12/h15H,2-4H2,1H3,(H,9,10)(H,11,12)(H,13,14). The van der Waals surface area contributed by atoms with Crippen molar-refractivity contribution in [3.8, 4) is 0 Å². The molecule has 0 aromatic carbocycles. The second-order valence-corrected chi connectivity index (χ2v) is 3.04. The van der Waals surface area contributed by atoms with E-state index in [2.05, 4.69) is 5.32 Å². The summed E-state index contributed by atoms with van der Waals surface area (Å²) in [5, 5.41) is 28.7. The van der Waals surface area contributed by atoms with Crippen LogP contribution < -0.4 is 5.32 Å². The Morgan fingerprint density at radius 3 is 2.07 bits per heavy atom. The van der Waals surface area contributed by atoms with Gasteiger partial charge in [-0.3, -0.25) is 9.59 Å². The maximum atomic E-state index is 11.0. The minimum absolute atomic E-state index is 0.279. The zero-order chi connectivity index (χ0) is 12.1. The number of aliphatic carboxylic acids is 2. The summed E-state index contributed by atoms with van der Waals surface area (Å²) in [6.45, 7) is 1.90. The van der Waals surface area contributed by atoms with Crippen molar-refractivity contribution in [1.29, 1.82) is 0 Å². The van der Waals surface area contributed by atoms with E-state index in [0.717, 1.165) is 0 Å². The highest BCUT2D eigenvalue weighted by Crippen LogP contribution is 2.15. The van der Waals surface area contributed by atoms with E-state index in [1.54, 1.807) is 6.92 Å². The third-order valence-corrected chi connectivity index (χ3v) is 1.67. The molecule has 0 aliphatic heterocycles. The molecule has 0 aliphatic carbocycles. The topological polar surface area (TPSA) is 124 Å². The molecule has 7 nitrogen and oxygen atoms in total. The third-order valence-electron chi connectivity index (χ3n) is 1.67. The van der Waals surface area contributed by atoms with Gasteiger partial charge in [0.15, 0.2) is 5.60 Å². The number of hydrogen-bond donors (Lipinski definition) is 4. The van der Waals surface area contributed by atoms with Gasteiger partial charge in [-0.15, -0.1) is 0 Å². The molecule has 4 N–H and O–H groups in total. The Kier molecular flexibility index (Phi) is 4.72. The lowest BCUT2D eigenvalue weighted by Crippen LogP contribution is -2.45. The van der Waals surface area contributed by atoms with E-state index < -0.39 is 36.3 Å². The molecule has 0 bridgehead atoms. The van der Waals surface area contributed by atoms with Crippen LogP contribution >= 0.6 is 0 Å². The van der Waals surface area contributed by atoms with Gasteiger partial charge in [0.1, 0.15) is 0 Å². The van der Waals surface area contributed by atoms with Crippen LogP contribution in [0.4, 0.5) is 0 Å². The molecule has 86 valence electrons. The van der Waals surface area contributed by atoms with Crippen LogP contribution in [0.2, 0.25) is 0 Å². The molecule has 1 atom stereocenters. The smallest absolute Gasteiger partial charge is 0.336 e. The zero-order valence-corrected chi connectivity index (χ0v) is 8.19. The summed E-state index contributed by atoms with van der Waals surface area (Å²) in [5.74, 6) is -3.91. The largest absolute Gasteiger partial charge is 0.481 e. The first-order valence-electron chi connectivity index (χ1n) is 4.26. The molecule has 15 heavy (non-hydrogen) atoms. The van der Waals surface area contributed by atoms with Gasteiger partial charge in [-0.1, -0.05) is 0 Å². The molecule has 0 aromatic rings. The average Bonchev–Trinajstić information content (AvgIpc) is 2.01. The van der Waals surface area contributed by atoms with Gasteiger partial charge < -0.3 is 20.6 Å². The lowest BCUT2D eigenvalue weighted by atomic mass is 9.95. The number of aliphatic hydroxyl groups is 1. The Labute approximate surface area is 85.7 Å². The fraction of sp³-hybridized carbons (Fsp3) is 0.625. The molecule has 1 unspecified atom stereocenters. The third kappa shape index (κ3) is 4.41. The summed E-state index contributed by atoms with van der Waals surface area (Å²) in [6, 6.07) is 0. The molecule has 0 saturated carbocycles. The Hall–Kier alpha value is -1.63. The number of carboxylic acid groups (broad SMARTS) is 2. The maximum Gasteiger partial charge on any atom is 0.336 e. The highest BCUT2D eigenvalue weighted by atomic mass is 16.4. The normalized spacial score (nSPS) is 14.0. The first-order valence-corrected chi connectivity index (χ1v) is 4.26.